The molecule has 2 rings (SSSR count). The molecule has 1 N–H and O–H groups in total. The minimum Gasteiger partial charge on any atom is -0.295 e. The molecule has 0 bridgehead atoms. The molecule has 0 saturated carbocycles. The van der Waals surface area contributed by atoms with Crippen LogP contribution in [-0.4, -0.2) is 15.6 Å². The third-order valence-corrected chi connectivity index (χ3v) is 2.86. The van der Waals surface area contributed by atoms with Gasteiger partial charge in [0.15, 0.2) is 5.78 Å². The van der Waals surface area contributed by atoms with Crippen molar-refractivity contribution in [3.63, 3.8) is 0 Å². The smallest absolute Gasteiger partial charge is 0.269 e. The molecular formula is C13H14N2O2. The minimum absolute atomic E-state index is 0.00954. The standard InChI is InChI=1S/C13H14N2O2/c1-8-12(14-15(3)13(8)17)11-7-5-4-6-10(11)9(2)16/h4-7,14H,1-3H3. The van der Waals surface area contributed by atoms with Crippen LogP contribution < -0.4 is 5.56 Å². The van der Waals surface area contributed by atoms with Gasteiger partial charge in [0, 0.05) is 23.7 Å². The Morgan fingerprint density at radius 2 is 1.94 bits per heavy atom. The number of aryl methyl sites for hydroxylation is 1. The van der Waals surface area contributed by atoms with Gasteiger partial charge in [-0.3, -0.25) is 19.4 Å². The second-order valence-corrected chi connectivity index (χ2v) is 4.08. The molecule has 2 aromatic rings. The zero-order valence-corrected chi connectivity index (χ0v) is 10.1. The molecule has 0 radical (unpaired) electrons. The lowest BCUT2D eigenvalue weighted by Crippen LogP contribution is -2.12. The van der Waals surface area contributed by atoms with Crippen LogP contribution in [0.3, 0.4) is 0 Å². The molecule has 1 aromatic carbocycles. The van der Waals surface area contributed by atoms with Crippen LogP contribution in [0.4, 0.5) is 0 Å². The van der Waals surface area contributed by atoms with Crippen LogP contribution in [0, 0.1) is 6.92 Å². The highest BCUT2D eigenvalue weighted by Gasteiger charge is 2.14. The molecule has 0 spiro atoms. The van der Waals surface area contributed by atoms with E-state index < -0.39 is 0 Å². The van der Waals surface area contributed by atoms with Crippen LogP contribution in [0.2, 0.25) is 0 Å². The molecule has 4 heteroatoms. The van der Waals surface area contributed by atoms with Gasteiger partial charge in [0.05, 0.1) is 5.69 Å². The minimum atomic E-state index is -0.0710. The van der Waals surface area contributed by atoms with Crippen molar-refractivity contribution >= 4 is 5.78 Å². The maximum absolute atomic E-state index is 11.7. The van der Waals surface area contributed by atoms with Crippen molar-refractivity contribution in [1.82, 2.24) is 9.78 Å². The zero-order valence-electron chi connectivity index (χ0n) is 10.1. The lowest BCUT2D eigenvalue weighted by atomic mass is 10.00. The number of aromatic nitrogens is 2. The molecule has 0 aliphatic rings. The van der Waals surface area contributed by atoms with E-state index in [4.69, 9.17) is 0 Å². The summed E-state index contributed by atoms with van der Waals surface area (Å²) in [5.74, 6) is -0.00954. The number of Topliss-reactive ketones (excluding diaryl/α,β-unsaturated/α-hetero) is 1. The molecule has 0 saturated heterocycles. The Labute approximate surface area is 98.9 Å². The van der Waals surface area contributed by atoms with Crippen molar-refractivity contribution in [3.8, 4) is 11.3 Å². The first-order valence-electron chi connectivity index (χ1n) is 5.38. The maximum Gasteiger partial charge on any atom is 0.269 e. The first-order valence-corrected chi connectivity index (χ1v) is 5.38. The third-order valence-electron chi connectivity index (χ3n) is 2.86. The van der Waals surface area contributed by atoms with Gasteiger partial charge < -0.3 is 0 Å². The summed E-state index contributed by atoms with van der Waals surface area (Å²) < 4.78 is 1.42. The van der Waals surface area contributed by atoms with E-state index in [0.29, 0.717) is 16.8 Å². The van der Waals surface area contributed by atoms with Crippen LogP contribution in [-0.2, 0) is 7.05 Å². The molecule has 88 valence electrons. The van der Waals surface area contributed by atoms with Gasteiger partial charge in [0.25, 0.3) is 5.56 Å². The van der Waals surface area contributed by atoms with E-state index in [2.05, 4.69) is 5.10 Å². The third kappa shape index (κ3) is 1.82. The lowest BCUT2D eigenvalue weighted by Gasteiger charge is -2.05. The van der Waals surface area contributed by atoms with Crippen molar-refractivity contribution in [2.24, 2.45) is 7.05 Å². The maximum atomic E-state index is 11.7. The Kier molecular flexibility index (Phi) is 2.71. The summed E-state index contributed by atoms with van der Waals surface area (Å²) in [6.07, 6.45) is 0. The molecular weight excluding hydrogens is 216 g/mol. The number of benzene rings is 1. The number of hydrogen-bond acceptors (Lipinski definition) is 2. The summed E-state index contributed by atoms with van der Waals surface area (Å²) in [7, 11) is 1.66. The van der Waals surface area contributed by atoms with Crippen LogP contribution in [0.1, 0.15) is 22.8 Å². The number of nitrogens with zero attached hydrogens (tertiary/aromatic N) is 1. The Hall–Kier alpha value is -2.10. The summed E-state index contributed by atoms with van der Waals surface area (Å²) in [5, 5.41) is 2.98. The normalized spacial score (nSPS) is 10.5. The Balaban J connectivity index is 2.73. The summed E-state index contributed by atoms with van der Waals surface area (Å²) in [5.41, 5.74) is 2.66. The molecule has 0 atom stereocenters. The van der Waals surface area contributed by atoms with Gasteiger partial charge in [0.1, 0.15) is 0 Å². The van der Waals surface area contributed by atoms with Gasteiger partial charge in [0.2, 0.25) is 0 Å². The van der Waals surface area contributed by atoms with Crippen LogP contribution in [0.15, 0.2) is 29.1 Å². The summed E-state index contributed by atoms with van der Waals surface area (Å²) >= 11 is 0. The number of ketones is 1. The quantitative estimate of drug-likeness (QED) is 0.801. The van der Waals surface area contributed by atoms with E-state index in [1.54, 1.807) is 20.0 Å². The molecule has 1 aromatic heterocycles. The molecule has 1 heterocycles. The van der Waals surface area contributed by atoms with Crippen molar-refractivity contribution in [1.29, 1.82) is 0 Å². The Morgan fingerprint density at radius 3 is 2.47 bits per heavy atom. The van der Waals surface area contributed by atoms with E-state index in [9.17, 15) is 9.59 Å². The molecule has 0 aliphatic heterocycles. The summed E-state index contributed by atoms with van der Waals surface area (Å²) in [6.45, 7) is 3.28. The highest BCUT2D eigenvalue weighted by molar-refractivity contribution is 6.00. The van der Waals surface area contributed by atoms with Crippen LogP contribution in [0.25, 0.3) is 11.3 Å². The first kappa shape index (κ1) is 11.4. The van der Waals surface area contributed by atoms with Gasteiger partial charge in [-0.05, 0) is 13.8 Å². The first-order chi connectivity index (χ1) is 8.02. The highest BCUT2D eigenvalue weighted by Crippen LogP contribution is 2.23. The highest BCUT2D eigenvalue weighted by atomic mass is 16.1. The fourth-order valence-corrected chi connectivity index (χ4v) is 1.93. The van der Waals surface area contributed by atoms with Crippen LogP contribution >= 0.6 is 0 Å². The average molecular weight is 230 g/mol. The van der Waals surface area contributed by atoms with Crippen molar-refractivity contribution < 1.29 is 4.79 Å². The largest absolute Gasteiger partial charge is 0.295 e. The molecule has 0 unspecified atom stereocenters. The molecule has 0 fully saturated rings. The van der Waals surface area contributed by atoms with Crippen LogP contribution in [0.5, 0.6) is 0 Å². The molecule has 17 heavy (non-hydrogen) atoms. The van der Waals surface area contributed by atoms with Gasteiger partial charge in [-0.1, -0.05) is 24.3 Å². The molecule has 0 aliphatic carbocycles. The number of rotatable bonds is 2. The number of carbonyl (C=O) groups excluding carboxylic acids is 1. The fourth-order valence-electron chi connectivity index (χ4n) is 1.93. The number of nitrogens with one attached hydrogen (secondary N) is 1. The molecule has 0 amide bonds. The molecule has 4 nitrogen and oxygen atoms in total. The van der Waals surface area contributed by atoms with Crippen molar-refractivity contribution in [2.45, 2.75) is 13.8 Å². The monoisotopic (exact) mass is 230 g/mol. The van der Waals surface area contributed by atoms with E-state index in [0.717, 1.165) is 5.56 Å². The second kappa shape index (κ2) is 4.05. The zero-order chi connectivity index (χ0) is 12.6. The number of aromatic amines is 1. The lowest BCUT2D eigenvalue weighted by molar-refractivity contribution is 0.101. The topological polar surface area (TPSA) is 54.9 Å². The van der Waals surface area contributed by atoms with Gasteiger partial charge >= 0.3 is 0 Å². The number of H-pyrrole nitrogens is 1. The van der Waals surface area contributed by atoms with E-state index in [-0.39, 0.29) is 11.3 Å². The van der Waals surface area contributed by atoms with Crippen molar-refractivity contribution in [3.05, 3.63) is 45.7 Å². The van der Waals surface area contributed by atoms with Gasteiger partial charge in [-0.2, -0.15) is 0 Å². The fraction of sp³-hybridized carbons (Fsp3) is 0.231. The van der Waals surface area contributed by atoms with E-state index in [1.165, 1.54) is 11.6 Å². The summed E-state index contributed by atoms with van der Waals surface area (Å²) in [6, 6.07) is 7.28. The average Bonchev–Trinajstić information content (AvgIpc) is 2.57. The van der Waals surface area contributed by atoms with E-state index >= 15 is 0 Å². The van der Waals surface area contributed by atoms with Crippen molar-refractivity contribution in [2.75, 3.05) is 0 Å². The summed E-state index contributed by atoms with van der Waals surface area (Å²) in [4.78, 5) is 23.2. The van der Waals surface area contributed by atoms with Gasteiger partial charge in [-0.25, -0.2) is 0 Å². The van der Waals surface area contributed by atoms with E-state index in [1.807, 2.05) is 18.2 Å². The van der Waals surface area contributed by atoms with Gasteiger partial charge in [-0.15, -0.1) is 0 Å². The predicted molar refractivity (Wildman–Crippen MR) is 66.2 cm³/mol. The second-order valence-electron chi connectivity index (χ2n) is 4.08. The Bertz CT molecular complexity index is 635. The SMILES string of the molecule is CC(=O)c1ccccc1-c1[nH]n(C)c(=O)c1C. The number of hydrogen-bond donors (Lipinski definition) is 1. The Morgan fingerprint density at radius 1 is 1.29 bits per heavy atom. The predicted octanol–water partition coefficient (Wildman–Crippen LogP) is 1.89. The number of carbonyl (C=O) groups is 1.